The van der Waals surface area contributed by atoms with Crippen LogP contribution in [0.15, 0.2) is 24.3 Å². The van der Waals surface area contributed by atoms with E-state index >= 15 is 0 Å². The molecule has 1 amide bonds. The molecule has 1 aromatic rings. The van der Waals surface area contributed by atoms with Crippen LogP contribution in [0.3, 0.4) is 0 Å². The van der Waals surface area contributed by atoms with Gasteiger partial charge in [-0.05, 0) is 30.4 Å². The predicted octanol–water partition coefficient (Wildman–Crippen LogP) is 2.34. The van der Waals surface area contributed by atoms with Gasteiger partial charge >= 0.3 is 5.97 Å². The van der Waals surface area contributed by atoms with Crippen molar-refractivity contribution in [1.82, 2.24) is 5.32 Å². The van der Waals surface area contributed by atoms with Crippen molar-refractivity contribution in [2.45, 2.75) is 44.6 Å². The third-order valence-electron chi connectivity index (χ3n) is 4.33. The summed E-state index contributed by atoms with van der Waals surface area (Å²) in [5.41, 5.74) is 1.23. The smallest absolute Gasteiger partial charge is 0.328 e. The number of carbonyl (C=O) groups is 2. The van der Waals surface area contributed by atoms with Crippen LogP contribution in [0.25, 0.3) is 0 Å². The monoisotopic (exact) mass is 314 g/mol. The molecule has 0 aliphatic heterocycles. The first-order chi connectivity index (χ1) is 11.1. The second kappa shape index (κ2) is 8.33. The lowest BCUT2D eigenvalue weighted by Gasteiger charge is -2.18. The number of carbonyl (C=O) groups excluding carboxylic acids is 2. The molecule has 5 heteroatoms. The minimum absolute atomic E-state index is 0.123. The van der Waals surface area contributed by atoms with Gasteiger partial charge in [0.1, 0.15) is 6.04 Å². The molecule has 1 saturated carbocycles. The Labute approximate surface area is 136 Å². The predicted molar refractivity (Wildman–Crippen MR) is 85.4 cm³/mol. The first-order valence-electron chi connectivity index (χ1n) is 7.99. The Kier molecular flexibility index (Phi) is 6.16. The second-order valence-corrected chi connectivity index (χ2v) is 5.97. The number of nitriles is 1. The highest BCUT2D eigenvalue weighted by Gasteiger charge is 2.25. The van der Waals surface area contributed by atoms with Gasteiger partial charge in [-0.2, -0.15) is 5.26 Å². The molecule has 1 aliphatic carbocycles. The molecule has 2 rings (SSSR count). The number of benzene rings is 1. The van der Waals surface area contributed by atoms with Crippen molar-refractivity contribution in [2.24, 2.45) is 5.92 Å². The molecule has 1 fully saturated rings. The lowest BCUT2D eigenvalue weighted by molar-refractivity contribution is -0.145. The van der Waals surface area contributed by atoms with Gasteiger partial charge in [0, 0.05) is 12.8 Å². The van der Waals surface area contributed by atoms with Gasteiger partial charge in [-0.15, -0.1) is 0 Å². The largest absolute Gasteiger partial charge is 0.467 e. The van der Waals surface area contributed by atoms with Crippen LogP contribution in [0.4, 0.5) is 0 Å². The van der Waals surface area contributed by atoms with E-state index in [0.717, 1.165) is 18.4 Å². The van der Waals surface area contributed by atoms with Crippen LogP contribution in [0.1, 0.15) is 43.2 Å². The Hall–Kier alpha value is -2.35. The van der Waals surface area contributed by atoms with Crippen LogP contribution in [0.2, 0.25) is 0 Å². The number of nitrogens with zero attached hydrogens (tertiary/aromatic N) is 1. The average molecular weight is 314 g/mol. The molecule has 1 atom stereocenters. The lowest BCUT2D eigenvalue weighted by atomic mass is 9.99. The number of hydrogen-bond acceptors (Lipinski definition) is 4. The zero-order chi connectivity index (χ0) is 16.7. The summed E-state index contributed by atoms with van der Waals surface area (Å²) in [6, 6.07) is 8.41. The van der Waals surface area contributed by atoms with Crippen molar-refractivity contribution in [3.8, 4) is 6.07 Å². The van der Waals surface area contributed by atoms with Gasteiger partial charge in [0.25, 0.3) is 0 Å². The molecule has 1 N–H and O–H groups in total. The van der Waals surface area contributed by atoms with Crippen molar-refractivity contribution in [1.29, 1.82) is 5.26 Å². The van der Waals surface area contributed by atoms with E-state index in [9.17, 15) is 9.59 Å². The fourth-order valence-corrected chi connectivity index (χ4v) is 3.09. The van der Waals surface area contributed by atoms with Crippen molar-refractivity contribution in [3.05, 3.63) is 35.4 Å². The minimum Gasteiger partial charge on any atom is -0.467 e. The summed E-state index contributed by atoms with van der Waals surface area (Å²) in [6.07, 6.45) is 5.21. The number of esters is 1. The Morgan fingerprint density at radius 2 is 2.04 bits per heavy atom. The van der Waals surface area contributed by atoms with Crippen LogP contribution in [-0.4, -0.2) is 25.0 Å². The van der Waals surface area contributed by atoms with Crippen LogP contribution in [0.5, 0.6) is 0 Å². The molecule has 0 bridgehead atoms. The van der Waals surface area contributed by atoms with Gasteiger partial charge in [-0.1, -0.05) is 31.0 Å². The normalized spacial score (nSPS) is 15.7. The topological polar surface area (TPSA) is 79.2 Å². The Balaban J connectivity index is 2.03. The van der Waals surface area contributed by atoms with Crippen molar-refractivity contribution < 1.29 is 14.3 Å². The van der Waals surface area contributed by atoms with E-state index < -0.39 is 12.0 Å². The third-order valence-corrected chi connectivity index (χ3v) is 4.33. The molecule has 0 radical (unpaired) electrons. The molecule has 0 heterocycles. The maximum atomic E-state index is 12.2. The molecular weight excluding hydrogens is 292 g/mol. The molecule has 0 spiro atoms. The molecular formula is C18H22N2O3. The Morgan fingerprint density at radius 3 is 2.70 bits per heavy atom. The van der Waals surface area contributed by atoms with Crippen LogP contribution in [0, 0.1) is 17.2 Å². The van der Waals surface area contributed by atoms with Crippen LogP contribution >= 0.6 is 0 Å². The fraction of sp³-hybridized carbons (Fsp3) is 0.500. The lowest BCUT2D eigenvalue weighted by Crippen LogP contribution is -2.43. The van der Waals surface area contributed by atoms with Gasteiger partial charge in [-0.25, -0.2) is 4.79 Å². The van der Waals surface area contributed by atoms with Gasteiger partial charge in [0.15, 0.2) is 0 Å². The van der Waals surface area contributed by atoms with E-state index in [1.165, 1.54) is 20.0 Å². The first kappa shape index (κ1) is 17.0. The molecule has 0 unspecified atom stereocenters. The van der Waals surface area contributed by atoms with Crippen LogP contribution < -0.4 is 5.32 Å². The molecule has 122 valence electrons. The van der Waals surface area contributed by atoms with Crippen molar-refractivity contribution >= 4 is 11.9 Å². The highest BCUT2D eigenvalue weighted by atomic mass is 16.5. The van der Waals surface area contributed by atoms with Crippen molar-refractivity contribution in [2.75, 3.05) is 7.11 Å². The zero-order valence-electron chi connectivity index (χ0n) is 13.4. The SMILES string of the molecule is COC(=O)[C@@H](Cc1ccccc1C#N)NC(=O)CC1CCCC1. The summed E-state index contributed by atoms with van der Waals surface area (Å²) in [5, 5.41) is 11.9. The zero-order valence-corrected chi connectivity index (χ0v) is 13.4. The molecule has 0 aromatic heterocycles. The summed E-state index contributed by atoms with van der Waals surface area (Å²) in [6.45, 7) is 0. The number of rotatable bonds is 6. The van der Waals surface area contributed by atoms with E-state index in [0.29, 0.717) is 17.9 Å². The van der Waals surface area contributed by atoms with Crippen LogP contribution in [-0.2, 0) is 20.7 Å². The fourth-order valence-electron chi connectivity index (χ4n) is 3.09. The van der Waals surface area contributed by atoms with E-state index in [4.69, 9.17) is 10.00 Å². The standard InChI is InChI=1S/C18H22N2O3/c1-23-18(22)16(11-14-8-4-5-9-15(14)12-19)20-17(21)10-13-6-2-3-7-13/h4-5,8-9,13,16H,2-3,6-7,10-11H2,1H3,(H,20,21)/t16-/m1/s1. The first-order valence-corrected chi connectivity index (χ1v) is 7.99. The number of nitrogens with one attached hydrogen (secondary N) is 1. The molecule has 0 saturated heterocycles. The number of amides is 1. The third kappa shape index (κ3) is 4.82. The van der Waals surface area contributed by atoms with E-state index in [2.05, 4.69) is 11.4 Å². The summed E-state index contributed by atoms with van der Waals surface area (Å²) in [4.78, 5) is 24.2. The quantitative estimate of drug-likeness (QED) is 0.817. The summed E-state index contributed by atoms with van der Waals surface area (Å²) in [5.74, 6) is -0.195. The van der Waals surface area contributed by atoms with Crippen molar-refractivity contribution in [3.63, 3.8) is 0 Å². The minimum atomic E-state index is -0.761. The molecule has 1 aromatic carbocycles. The van der Waals surface area contributed by atoms with Gasteiger partial charge in [-0.3, -0.25) is 4.79 Å². The van der Waals surface area contributed by atoms with Gasteiger partial charge in [0.2, 0.25) is 5.91 Å². The van der Waals surface area contributed by atoms with E-state index in [1.54, 1.807) is 18.2 Å². The van der Waals surface area contributed by atoms with Gasteiger partial charge < -0.3 is 10.1 Å². The highest BCUT2D eigenvalue weighted by molar-refractivity contribution is 5.84. The van der Waals surface area contributed by atoms with E-state index in [1.807, 2.05) is 6.07 Å². The molecule has 1 aliphatic rings. The second-order valence-electron chi connectivity index (χ2n) is 5.97. The summed E-state index contributed by atoms with van der Waals surface area (Å²) in [7, 11) is 1.30. The summed E-state index contributed by atoms with van der Waals surface area (Å²) < 4.78 is 4.79. The van der Waals surface area contributed by atoms with E-state index in [-0.39, 0.29) is 12.3 Å². The molecule has 23 heavy (non-hydrogen) atoms. The maximum absolute atomic E-state index is 12.2. The number of hydrogen-bond donors (Lipinski definition) is 1. The highest BCUT2D eigenvalue weighted by Crippen LogP contribution is 2.27. The maximum Gasteiger partial charge on any atom is 0.328 e. The number of methoxy groups -OCH3 is 1. The average Bonchev–Trinajstić information content (AvgIpc) is 3.06. The Morgan fingerprint density at radius 1 is 1.35 bits per heavy atom. The van der Waals surface area contributed by atoms with Gasteiger partial charge in [0.05, 0.1) is 18.7 Å². The summed E-state index contributed by atoms with van der Waals surface area (Å²) >= 11 is 0. The Bertz CT molecular complexity index is 601. The number of ether oxygens (including phenoxy) is 1. The molecule has 5 nitrogen and oxygen atoms in total.